The second kappa shape index (κ2) is 7.41. The predicted molar refractivity (Wildman–Crippen MR) is 84.3 cm³/mol. The molecule has 0 aliphatic rings. The summed E-state index contributed by atoms with van der Waals surface area (Å²) in [5.41, 5.74) is 12.1. The number of nitrogens with one attached hydrogen (secondary N) is 1. The van der Waals surface area contributed by atoms with Gasteiger partial charge in [-0.25, -0.2) is 0 Å². The van der Waals surface area contributed by atoms with Crippen LogP contribution in [0.1, 0.15) is 0 Å². The molecule has 10 heteroatoms. The van der Waals surface area contributed by atoms with Crippen molar-refractivity contribution in [3.05, 3.63) is 6.33 Å². The number of hydrogen-bond donors (Lipinski definition) is 3. The fraction of sp³-hybridized carbons (Fsp3) is 0.417. The summed E-state index contributed by atoms with van der Waals surface area (Å²) < 4.78 is 12.8. The van der Waals surface area contributed by atoms with Gasteiger partial charge in [-0.3, -0.25) is 0 Å². The SMILES string of the molecule is CNc1ncnc2c1c([Se]C(N)=O)c(N)n2COCCOC. The molecule has 120 valence electrons. The summed E-state index contributed by atoms with van der Waals surface area (Å²) in [7, 11) is 3.34. The van der Waals surface area contributed by atoms with Crippen LogP contribution >= 0.6 is 0 Å². The molecule has 0 fully saturated rings. The monoisotopic (exact) mass is 374 g/mol. The van der Waals surface area contributed by atoms with Gasteiger partial charge in [-0.2, -0.15) is 0 Å². The Morgan fingerprint density at radius 3 is 2.86 bits per heavy atom. The molecule has 5 N–H and O–H groups in total. The Morgan fingerprint density at radius 1 is 1.45 bits per heavy atom. The first-order valence-electron chi connectivity index (χ1n) is 6.44. The maximum absolute atomic E-state index is 11.3. The molecule has 0 atom stereocenters. The van der Waals surface area contributed by atoms with Gasteiger partial charge in [0.1, 0.15) is 0 Å². The molecule has 22 heavy (non-hydrogen) atoms. The van der Waals surface area contributed by atoms with Gasteiger partial charge in [0.05, 0.1) is 0 Å². The van der Waals surface area contributed by atoms with Gasteiger partial charge in [-0.15, -0.1) is 0 Å². The Labute approximate surface area is 133 Å². The van der Waals surface area contributed by atoms with Crippen molar-refractivity contribution in [2.24, 2.45) is 5.73 Å². The number of primary amides is 1. The molecule has 9 nitrogen and oxygen atoms in total. The van der Waals surface area contributed by atoms with Crippen LogP contribution in [0.5, 0.6) is 0 Å². The molecule has 0 saturated heterocycles. The van der Waals surface area contributed by atoms with Gasteiger partial charge in [-0.05, 0) is 0 Å². The summed E-state index contributed by atoms with van der Waals surface area (Å²) in [6.07, 6.45) is 1.43. The first kappa shape index (κ1) is 16.5. The first-order chi connectivity index (χ1) is 10.6. The number of aromatic nitrogens is 3. The van der Waals surface area contributed by atoms with Crippen LogP contribution in [0.2, 0.25) is 0 Å². The fourth-order valence-corrected chi connectivity index (χ4v) is 3.46. The van der Waals surface area contributed by atoms with E-state index in [-0.39, 0.29) is 6.73 Å². The van der Waals surface area contributed by atoms with E-state index in [4.69, 9.17) is 20.9 Å². The maximum atomic E-state index is 11.3. The van der Waals surface area contributed by atoms with Crippen molar-refractivity contribution in [1.82, 2.24) is 14.5 Å². The Morgan fingerprint density at radius 2 is 2.23 bits per heavy atom. The van der Waals surface area contributed by atoms with Crippen molar-refractivity contribution >= 4 is 46.9 Å². The fourth-order valence-electron chi connectivity index (χ4n) is 1.98. The minimum absolute atomic E-state index is 0.209. The number of carbonyl (C=O) groups is 1. The quantitative estimate of drug-likeness (QED) is 0.403. The summed E-state index contributed by atoms with van der Waals surface area (Å²) in [6.45, 7) is 1.12. The van der Waals surface area contributed by atoms with Crippen molar-refractivity contribution in [2.75, 3.05) is 38.4 Å². The third-order valence-corrected chi connectivity index (χ3v) is 4.64. The van der Waals surface area contributed by atoms with Crippen LogP contribution in [0.25, 0.3) is 11.0 Å². The number of nitrogen functional groups attached to an aromatic ring is 1. The summed E-state index contributed by atoms with van der Waals surface area (Å²) in [4.78, 5) is 19.4. The minimum atomic E-state index is -0.615. The van der Waals surface area contributed by atoms with E-state index in [2.05, 4.69) is 15.3 Å². The number of nitrogens with two attached hydrogens (primary N) is 2. The van der Waals surface area contributed by atoms with E-state index in [1.54, 1.807) is 18.7 Å². The summed E-state index contributed by atoms with van der Waals surface area (Å²) in [5, 5.41) is 3.68. The molecule has 0 radical (unpaired) electrons. The van der Waals surface area contributed by atoms with Crippen molar-refractivity contribution in [3.8, 4) is 0 Å². The van der Waals surface area contributed by atoms with Gasteiger partial charge >= 0.3 is 133 Å². The second-order valence-corrected chi connectivity index (χ2v) is 6.39. The standard InChI is InChI=1S/C12H18N6O3Se/c1-15-10-7-8(22-12(14)19)9(13)18(6-21-4-3-20-2)11(7)17-5-16-10/h5H,3-4,6,13H2,1-2H3,(H2,14,19)(H,15,16,17). The van der Waals surface area contributed by atoms with Crippen LogP contribution < -0.4 is 21.2 Å². The van der Waals surface area contributed by atoms with E-state index in [0.717, 1.165) is 0 Å². The summed E-state index contributed by atoms with van der Waals surface area (Å²) in [5.74, 6) is 1.02. The molecule has 2 heterocycles. The molecular weight excluding hydrogens is 355 g/mol. The van der Waals surface area contributed by atoms with E-state index in [9.17, 15) is 4.79 Å². The number of hydrogen-bond acceptors (Lipinski definition) is 7. The summed E-state index contributed by atoms with van der Waals surface area (Å²) in [6, 6.07) is 0. The second-order valence-electron chi connectivity index (χ2n) is 4.26. The number of carbonyl (C=O) groups excluding carboxylic acids is 1. The van der Waals surface area contributed by atoms with Gasteiger partial charge < -0.3 is 0 Å². The zero-order valence-electron chi connectivity index (χ0n) is 12.3. The number of rotatable bonds is 8. The average molecular weight is 373 g/mol. The van der Waals surface area contributed by atoms with Crippen molar-refractivity contribution in [1.29, 1.82) is 0 Å². The number of amides is 1. The van der Waals surface area contributed by atoms with Crippen molar-refractivity contribution in [2.45, 2.75) is 6.73 Å². The number of methoxy groups -OCH3 is 1. The van der Waals surface area contributed by atoms with Crippen LogP contribution in [0.3, 0.4) is 0 Å². The third-order valence-electron chi connectivity index (χ3n) is 2.93. The van der Waals surface area contributed by atoms with Gasteiger partial charge in [0.2, 0.25) is 0 Å². The Kier molecular flexibility index (Phi) is 5.56. The summed E-state index contributed by atoms with van der Waals surface area (Å²) >= 11 is -0.615. The molecule has 0 saturated carbocycles. The molecule has 0 aliphatic carbocycles. The van der Waals surface area contributed by atoms with E-state index >= 15 is 0 Å². The van der Waals surface area contributed by atoms with Gasteiger partial charge in [0, 0.05) is 0 Å². The molecule has 0 aliphatic heterocycles. The average Bonchev–Trinajstić information content (AvgIpc) is 2.76. The van der Waals surface area contributed by atoms with E-state index in [1.807, 2.05) is 0 Å². The van der Waals surface area contributed by atoms with Crippen LogP contribution in [0.15, 0.2) is 6.33 Å². The van der Waals surface area contributed by atoms with Crippen LogP contribution in [-0.4, -0.2) is 61.7 Å². The van der Waals surface area contributed by atoms with Crippen LogP contribution in [0, 0.1) is 0 Å². The number of anilines is 2. The predicted octanol–water partition coefficient (Wildman–Crippen LogP) is -0.916. The Balaban J connectivity index is 2.47. The number of ether oxygens (including phenoxy) is 2. The van der Waals surface area contributed by atoms with Crippen molar-refractivity contribution < 1.29 is 14.3 Å². The topological polar surface area (TPSA) is 130 Å². The molecule has 0 bridgehead atoms. The van der Waals surface area contributed by atoms with E-state index < -0.39 is 19.8 Å². The molecule has 0 aromatic carbocycles. The number of nitrogens with zero attached hydrogens (tertiary/aromatic N) is 3. The third kappa shape index (κ3) is 3.30. The molecular formula is C12H18N6O3Se. The van der Waals surface area contributed by atoms with Crippen molar-refractivity contribution in [3.63, 3.8) is 0 Å². The van der Waals surface area contributed by atoms with Gasteiger partial charge in [0.15, 0.2) is 0 Å². The van der Waals surface area contributed by atoms with Gasteiger partial charge in [0.25, 0.3) is 0 Å². The van der Waals surface area contributed by atoms with E-state index in [0.29, 0.717) is 40.3 Å². The Bertz CT molecular complexity index is 674. The molecule has 2 aromatic heterocycles. The molecule has 0 unspecified atom stereocenters. The number of fused-ring (bicyclic) bond motifs is 1. The molecule has 2 aromatic rings. The van der Waals surface area contributed by atoms with Gasteiger partial charge in [-0.1, -0.05) is 0 Å². The molecule has 0 spiro atoms. The zero-order chi connectivity index (χ0) is 16.1. The zero-order valence-corrected chi connectivity index (χ0v) is 14.0. The molecule has 2 rings (SSSR count). The molecule has 1 amide bonds. The first-order valence-corrected chi connectivity index (χ1v) is 8.15. The Hall–Kier alpha value is -1.87. The normalized spacial score (nSPS) is 11.0. The van der Waals surface area contributed by atoms with Crippen LogP contribution in [-0.2, 0) is 16.2 Å². The van der Waals surface area contributed by atoms with E-state index in [1.165, 1.54) is 6.33 Å². The van der Waals surface area contributed by atoms with Crippen LogP contribution in [0.4, 0.5) is 16.4 Å².